The number of aromatic nitrogens is 1. The van der Waals surface area contributed by atoms with Gasteiger partial charge in [-0.1, -0.05) is 24.6 Å². The van der Waals surface area contributed by atoms with Crippen molar-refractivity contribution in [3.05, 3.63) is 47.0 Å². The largest absolute Gasteiger partial charge is 0.436 e. The lowest BCUT2D eigenvalue weighted by molar-refractivity contribution is -0.123. The van der Waals surface area contributed by atoms with E-state index in [1.165, 1.54) is 5.56 Å². The van der Waals surface area contributed by atoms with E-state index < -0.39 is 11.8 Å². The lowest BCUT2D eigenvalue weighted by Crippen LogP contribution is -2.28. The summed E-state index contributed by atoms with van der Waals surface area (Å²) in [4.78, 5) is 29.8. The van der Waals surface area contributed by atoms with Crippen molar-refractivity contribution in [1.82, 2.24) is 4.98 Å². The Labute approximate surface area is 160 Å². The fourth-order valence-electron chi connectivity index (χ4n) is 3.30. The third-order valence-corrected chi connectivity index (χ3v) is 5.21. The van der Waals surface area contributed by atoms with Gasteiger partial charge in [0, 0.05) is 18.7 Å². The van der Waals surface area contributed by atoms with Gasteiger partial charge in [-0.15, -0.1) is 0 Å². The molecule has 1 saturated heterocycles. The molecular weight excluding hydrogens is 366 g/mol. The van der Waals surface area contributed by atoms with E-state index >= 15 is 0 Å². The van der Waals surface area contributed by atoms with E-state index in [1.54, 1.807) is 23.1 Å². The van der Waals surface area contributed by atoms with Gasteiger partial charge in [-0.05, 0) is 42.3 Å². The maximum Gasteiger partial charge on any atom is 0.228 e. The van der Waals surface area contributed by atoms with Crippen LogP contribution in [0.15, 0.2) is 40.8 Å². The Morgan fingerprint density at radius 1 is 1.33 bits per heavy atom. The molecule has 2 N–H and O–H groups in total. The molecule has 0 bridgehead atoms. The van der Waals surface area contributed by atoms with Crippen LogP contribution in [0.1, 0.15) is 18.9 Å². The zero-order valence-electron chi connectivity index (χ0n) is 14.7. The quantitative estimate of drug-likeness (QED) is 0.746. The number of oxazole rings is 1. The maximum atomic E-state index is 12.3. The fourth-order valence-corrected chi connectivity index (χ4v) is 3.50. The number of carbonyl (C=O) groups is 2. The Kier molecular flexibility index (Phi) is 4.36. The van der Waals surface area contributed by atoms with Crippen molar-refractivity contribution >= 4 is 40.2 Å². The van der Waals surface area contributed by atoms with E-state index in [9.17, 15) is 9.59 Å². The number of rotatable bonds is 4. The van der Waals surface area contributed by atoms with Gasteiger partial charge in [-0.3, -0.25) is 9.59 Å². The summed E-state index contributed by atoms with van der Waals surface area (Å²) in [6, 6.07) is 11.1. The van der Waals surface area contributed by atoms with Crippen LogP contribution < -0.4 is 10.6 Å². The van der Waals surface area contributed by atoms with Gasteiger partial charge in [0.05, 0.1) is 16.5 Å². The average molecular weight is 384 g/mol. The predicted molar refractivity (Wildman–Crippen MR) is 103 cm³/mol. The third kappa shape index (κ3) is 3.17. The van der Waals surface area contributed by atoms with Crippen molar-refractivity contribution in [2.24, 2.45) is 11.7 Å². The predicted octanol–water partition coefficient (Wildman–Crippen LogP) is 3.55. The molecule has 1 aliphatic heterocycles. The molecule has 3 aromatic rings. The molecule has 0 aliphatic carbocycles. The number of aryl methyl sites for hydroxylation is 1. The lowest BCUT2D eigenvalue weighted by atomic mass is 10.1. The molecule has 0 saturated carbocycles. The second-order valence-electron chi connectivity index (χ2n) is 6.65. The molecule has 2 amide bonds. The molecule has 0 radical (unpaired) electrons. The highest BCUT2D eigenvalue weighted by Crippen LogP contribution is 2.35. The molecule has 2 heterocycles. The van der Waals surface area contributed by atoms with E-state index in [0.717, 1.165) is 11.9 Å². The Bertz CT molecular complexity index is 1060. The van der Waals surface area contributed by atoms with Crippen molar-refractivity contribution in [1.29, 1.82) is 0 Å². The molecule has 0 unspecified atom stereocenters. The molecule has 0 spiro atoms. The van der Waals surface area contributed by atoms with Gasteiger partial charge in [0.2, 0.25) is 17.7 Å². The molecule has 1 fully saturated rings. The number of nitrogens with zero attached hydrogens (tertiary/aromatic N) is 2. The molecule has 138 valence electrons. The monoisotopic (exact) mass is 383 g/mol. The van der Waals surface area contributed by atoms with Crippen LogP contribution in [0.3, 0.4) is 0 Å². The van der Waals surface area contributed by atoms with Gasteiger partial charge >= 0.3 is 0 Å². The molecule has 27 heavy (non-hydrogen) atoms. The topological polar surface area (TPSA) is 89.4 Å². The Balaban J connectivity index is 1.73. The number of carbonyl (C=O) groups excluding carboxylic acids is 2. The van der Waals surface area contributed by atoms with Crippen LogP contribution in [0, 0.1) is 5.92 Å². The van der Waals surface area contributed by atoms with Gasteiger partial charge in [0.25, 0.3) is 0 Å². The van der Waals surface area contributed by atoms with Crippen LogP contribution in [-0.4, -0.2) is 23.3 Å². The molecule has 1 aromatic heterocycles. The van der Waals surface area contributed by atoms with Gasteiger partial charge in [-0.2, -0.15) is 0 Å². The van der Waals surface area contributed by atoms with Gasteiger partial charge in [0.1, 0.15) is 5.52 Å². The third-order valence-electron chi connectivity index (χ3n) is 4.88. The minimum Gasteiger partial charge on any atom is -0.436 e. The second-order valence-corrected chi connectivity index (χ2v) is 7.05. The lowest BCUT2D eigenvalue weighted by Gasteiger charge is -2.17. The number of primary amides is 1. The zero-order valence-corrected chi connectivity index (χ0v) is 15.5. The molecule has 1 aliphatic rings. The summed E-state index contributed by atoms with van der Waals surface area (Å²) in [5, 5.41) is 0.471. The van der Waals surface area contributed by atoms with Crippen LogP contribution in [0.2, 0.25) is 5.02 Å². The minimum atomic E-state index is -0.478. The number of fused-ring (bicyclic) bond motifs is 1. The van der Waals surface area contributed by atoms with Gasteiger partial charge in [-0.25, -0.2) is 4.98 Å². The van der Waals surface area contributed by atoms with Crippen molar-refractivity contribution in [2.45, 2.75) is 19.8 Å². The summed E-state index contributed by atoms with van der Waals surface area (Å²) in [7, 11) is 0. The van der Waals surface area contributed by atoms with Gasteiger partial charge in [0.15, 0.2) is 5.58 Å². The number of amides is 2. The van der Waals surface area contributed by atoms with Crippen molar-refractivity contribution in [3.63, 3.8) is 0 Å². The van der Waals surface area contributed by atoms with Gasteiger partial charge < -0.3 is 15.1 Å². The number of hydrogen-bond acceptors (Lipinski definition) is 4. The molecule has 4 rings (SSSR count). The first-order valence-corrected chi connectivity index (χ1v) is 9.13. The first-order chi connectivity index (χ1) is 13.0. The number of anilines is 1. The highest BCUT2D eigenvalue weighted by molar-refractivity contribution is 6.33. The highest BCUT2D eigenvalue weighted by Gasteiger charge is 2.34. The first-order valence-electron chi connectivity index (χ1n) is 8.75. The van der Waals surface area contributed by atoms with Crippen LogP contribution in [0.4, 0.5) is 5.69 Å². The summed E-state index contributed by atoms with van der Waals surface area (Å²) in [5.41, 5.74) is 9.19. The highest BCUT2D eigenvalue weighted by atomic mass is 35.5. The fraction of sp³-hybridized carbons (Fsp3) is 0.250. The normalized spacial score (nSPS) is 17.0. The summed E-state index contributed by atoms with van der Waals surface area (Å²) >= 11 is 6.36. The van der Waals surface area contributed by atoms with Crippen LogP contribution in [0.25, 0.3) is 22.6 Å². The summed E-state index contributed by atoms with van der Waals surface area (Å²) < 4.78 is 5.87. The first kappa shape index (κ1) is 17.5. The zero-order chi connectivity index (χ0) is 19.1. The Morgan fingerprint density at radius 3 is 2.85 bits per heavy atom. The SMILES string of the molecule is CCc1ccc2oc(-c3cc(N4C[C@H](C(N)=O)CC4=O)ccc3Cl)nc2c1. The number of nitrogens with two attached hydrogens (primary N) is 1. The summed E-state index contributed by atoms with van der Waals surface area (Å²) in [6.45, 7) is 2.34. The van der Waals surface area contributed by atoms with Crippen molar-refractivity contribution in [2.75, 3.05) is 11.4 Å². The molecule has 6 nitrogen and oxygen atoms in total. The molecule has 1 atom stereocenters. The van der Waals surface area contributed by atoms with E-state index in [-0.39, 0.29) is 18.9 Å². The van der Waals surface area contributed by atoms with Crippen molar-refractivity contribution in [3.8, 4) is 11.5 Å². The summed E-state index contributed by atoms with van der Waals surface area (Å²) in [6.07, 6.45) is 1.03. The van der Waals surface area contributed by atoms with Crippen molar-refractivity contribution < 1.29 is 14.0 Å². The summed E-state index contributed by atoms with van der Waals surface area (Å²) in [5.74, 6) is -0.695. The van der Waals surface area contributed by atoms with Crippen LogP contribution >= 0.6 is 11.6 Å². The molecule has 7 heteroatoms. The maximum absolute atomic E-state index is 12.3. The van der Waals surface area contributed by atoms with E-state index in [4.69, 9.17) is 21.8 Å². The minimum absolute atomic E-state index is 0.121. The molecular formula is C20H18ClN3O3. The number of halogens is 1. The standard InChI is InChI=1S/C20H18ClN3O3/c1-2-11-3-6-17-16(7-11)23-20(27-17)14-9-13(4-5-15(14)21)24-10-12(19(22)26)8-18(24)25/h3-7,9,12H,2,8,10H2,1H3,(H2,22,26)/t12-/m1/s1. The van der Waals surface area contributed by atoms with E-state index in [2.05, 4.69) is 11.9 Å². The average Bonchev–Trinajstić information content (AvgIpc) is 3.25. The van der Waals surface area contributed by atoms with E-state index in [0.29, 0.717) is 27.7 Å². The van der Waals surface area contributed by atoms with Crippen LogP contribution in [-0.2, 0) is 16.0 Å². The Morgan fingerprint density at radius 2 is 2.15 bits per heavy atom. The van der Waals surface area contributed by atoms with E-state index in [1.807, 2.05) is 18.2 Å². The molecule has 2 aromatic carbocycles. The van der Waals surface area contributed by atoms with Crippen LogP contribution in [0.5, 0.6) is 0 Å². The number of hydrogen-bond donors (Lipinski definition) is 1. The number of benzene rings is 2. The smallest absolute Gasteiger partial charge is 0.228 e. The Hall–Kier alpha value is -2.86. The second kappa shape index (κ2) is 6.70.